The smallest absolute Gasteiger partial charge is 0.338 e. The van der Waals surface area contributed by atoms with Gasteiger partial charge in [0.1, 0.15) is 11.4 Å². The second kappa shape index (κ2) is 6.56. The Morgan fingerprint density at radius 3 is 2.14 bits per heavy atom. The normalized spacial score (nSPS) is 19.0. The molecule has 0 heterocycles. The monoisotopic (exact) mass is 299 g/mol. The third-order valence-electron chi connectivity index (χ3n) is 3.61. The fraction of sp³-hybridized carbons (Fsp3) is 0.800. The first-order valence-corrected chi connectivity index (χ1v) is 7.32. The zero-order chi connectivity index (χ0) is 16.3. The molecule has 0 aromatic heterocycles. The summed E-state index contributed by atoms with van der Waals surface area (Å²) in [5.74, 6) is -2.61. The molecule has 1 saturated carbocycles. The van der Waals surface area contributed by atoms with Crippen molar-refractivity contribution in [1.82, 2.24) is 0 Å². The maximum absolute atomic E-state index is 12.0. The molecule has 0 aromatic rings. The number of hydrogen-bond acceptors (Lipinski definition) is 5. The molecule has 120 valence electrons. The van der Waals surface area contributed by atoms with E-state index in [0.29, 0.717) is 0 Å². The number of hydrogen-bond donors (Lipinski definition) is 2. The Labute approximate surface area is 125 Å². The second-order valence-electron chi connectivity index (χ2n) is 6.85. The lowest BCUT2D eigenvalue weighted by atomic mass is 9.89. The summed E-state index contributed by atoms with van der Waals surface area (Å²) < 4.78 is 5.04. The predicted octanol–water partition coefficient (Wildman–Crippen LogP) is 1.65. The van der Waals surface area contributed by atoms with E-state index in [1.165, 1.54) is 0 Å². The van der Waals surface area contributed by atoms with Gasteiger partial charge in [0.05, 0.1) is 0 Å². The van der Waals surface area contributed by atoms with Crippen LogP contribution in [0.25, 0.3) is 0 Å². The third-order valence-corrected chi connectivity index (χ3v) is 3.61. The summed E-state index contributed by atoms with van der Waals surface area (Å²) in [5, 5.41) is 9.23. The zero-order valence-electron chi connectivity index (χ0n) is 13.0. The van der Waals surface area contributed by atoms with Gasteiger partial charge >= 0.3 is 11.9 Å². The summed E-state index contributed by atoms with van der Waals surface area (Å²) >= 11 is 0. The van der Waals surface area contributed by atoms with Gasteiger partial charge in [0, 0.05) is 12.8 Å². The van der Waals surface area contributed by atoms with E-state index < -0.39 is 29.5 Å². The van der Waals surface area contributed by atoms with Crippen molar-refractivity contribution in [3.8, 4) is 0 Å². The summed E-state index contributed by atoms with van der Waals surface area (Å²) in [5.41, 5.74) is 2.51. The van der Waals surface area contributed by atoms with Crippen molar-refractivity contribution in [1.29, 1.82) is 0 Å². The first-order valence-electron chi connectivity index (χ1n) is 7.32. The molecule has 1 atom stereocenters. The number of ether oxygens (including phenoxy) is 1. The minimum Gasteiger partial charge on any atom is -0.479 e. The molecule has 0 amide bonds. The molecule has 3 N–H and O–H groups in total. The van der Waals surface area contributed by atoms with Crippen LogP contribution in [-0.2, 0) is 19.1 Å². The van der Waals surface area contributed by atoms with Crippen LogP contribution in [0, 0.1) is 5.92 Å². The average Bonchev–Trinajstić information content (AvgIpc) is 2.78. The number of Topliss-reactive ketones (excluding diaryl/α,β-unsaturated/α-hetero) is 1. The number of aliphatic carboxylic acids is 1. The molecule has 0 spiro atoms. The van der Waals surface area contributed by atoms with E-state index in [-0.39, 0.29) is 18.1 Å². The van der Waals surface area contributed by atoms with Crippen LogP contribution in [0.5, 0.6) is 0 Å². The van der Waals surface area contributed by atoms with E-state index in [2.05, 4.69) is 0 Å². The number of esters is 1. The van der Waals surface area contributed by atoms with Gasteiger partial charge in [-0.2, -0.15) is 0 Å². The maximum atomic E-state index is 12.0. The third kappa shape index (κ3) is 5.12. The molecule has 1 fully saturated rings. The van der Waals surface area contributed by atoms with Gasteiger partial charge in [0.2, 0.25) is 5.54 Å². The van der Waals surface area contributed by atoms with Gasteiger partial charge in [0.25, 0.3) is 0 Å². The number of carboxylic acids is 1. The van der Waals surface area contributed by atoms with E-state index >= 15 is 0 Å². The number of ketones is 1. The van der Waals surface area contributed by atoms with E-state index in [1.807, 2.05) is 0 Å². The fourth-order valence-corrected chi connectivity index (χ4v) is 2.52. The Balaban J connectivity index is 2.72. The average molecular weight is 299 g/mol. The number of nitrogens with two attached hydrogens (primary N) is 1. The largest absolute Gasteiger partial charge is 0.479 e. The second-order valence-corrected chi connectivity index (χ2v) is 6.85. The Kier molecular flexibility index (Phi) is 5.50. The molecule has 0 unspecified atom stereocenters. The highest BCUT2D eigenvalue weighted by atomic mass is 16.6. The van der Waals surface area contributed by atoms with E-state index in [1.54, 1.807) is 20.8 Å². The van der Waals surface area contributed by atoms with Crippen molar-refractivity contribution in [2.75, 3.05) is 0 Å². The molecule has 1 aliphatic rings. The molecule has 1 aliphatic carbocycles. The molecule has 6 heteroatoms. The van der Waals surface area contributed by atoms with Crippen LogP contribution in [-0.4, -0.2) is 34.0 Å². The van der Waals surface area contributed by atoms with Gasteiger partial charge in [-0.15, -0.1) is 0 Å². The zero-order valence-corrected chi connectivity index (χ0v) is 13.0. The molecular weight excluding hydrogens is 274 g/mol. The number of rotatable bonds is 6. The maximum Gasteiger partial charge on any atom is 0.338 e. The Hall–Kier alpha value is -1.43. The van der Waals surface area contributed by atoms with Crippen LogP contribution in [0.15, 0.2) is 0 Å². The Bertz CT molecular complexity index is 420. The van der Waals surface area contributed by atoms with Crippen molar-refractivity contribution in [3.63, 3.8) is 0 Å². The van der Waals surface area contributed by atoms with E-state index in [9.17, 15) is 19.5 Å². The lowest BCUT2D eigenvalue weighted by Crippen LogP contribution is -2.58. The first-order chi connectivity index (χ1) is 9.54. The quantitative estimate of drug-likeness (QED) is 0.570. The first kappa shape index (κ1) is 17.6. The Morgan fingerprint density at radius 2 is 1.71 bits per heavy atom. The number of carbonyl (C=O) groups is 3. The molecule has 0 aliphatic heterocycles. The molecule has 1 rings (SSSR count). The molecule has 0 radical (unpaired) electrons. The van der Waals surface area contributed by atoms with Gasteiger partial charge in [-0.3, -0.25) is 4.79 Å². The van der Waals surface area contributed by atoms with Gasteiger partial charge in [-0.1, -0.05) is 25.7 Å². The predicted molar refractivity (Wildman–Crippen MR) is 76.6 cm³/mol. The topological polar surface area (TPSA) is 107 Å². The van der Waals surface area contributed by atoms with Gasteiger partial charge in [-0.05, 0) is 26.7 Å². The number of carbonyl (C=O) groups excluding carboxylic acids is 2. The molecular formula is C15H25NO5. The van der Waals surface area contributed by atoms with E-state index in [0.717, 1.165) is 25.7 Å². The fourth-order valence-electron chi connectivity index (χ4n) is 2.52. The van der Waals surface area contributed by atoms with Crippen LogP contribution < -0.4 is 5.73 Å². The van der Waals surface area contributed by atoms with Crippen molar-refractivity contribution in [2.45, 2.75) is 70.4 Å². The molecule has 6 nitrogen and oxygen atoms in total. The molecule has 0 saturated heterocycles. The van der Waals surface area contributed by atoms with Gasteiger partial charge in [-0.25, -0.2) is 9.59 Å². The SMILES string of the molecule is CC(C)(C)OC(=O)[C@](N)(CC(=O)CC1CCCC1)C(=O)O. The van der Waals surface area contributed by atoms with Crippen molar-refractivity contribution in [3.05, 3.63) is 0 Å². The Morgan fingerprint density at radius 1 is 1.19 bits per heavy atom. The van der Waals surface area contributed by atoms with Crippen LogP contribution in [0.4, 0.5) is 0 Å². The highest BCUT2D eigenvalue weighted by Crippen LogP contribution is 2.29. The highest BCUT2D eigenvalue weighted by Gasteiger charge is 2.47. The summed E-state index contributed by atoms with van der Waals surface area (Å²) in [4.78, 5) is 35.4. The summed E-state index contributed by atoms with van der Waals surface area (Å²) in [7, 11) is 0. The lowest BCUT2D eigenvalue weighted by Gasteiger charge is -2.28. The van der Waals surface area contributed by atoms with Crippen molar-refractivity contribution in [2.24, 2.45) is 11.7 Å². The van der Waals surface area contributed by atoms with Gasteiger partial charge < -0.3 is 15.6 Å². The summed E-state index contributed by atoms with van der Waals surface area (Å²) in [6.45, 7) is 4.86. The minimum atomic E-state index is -2.30. The minimum absolute atomic E-state index is 0.286. The van der Waals surface area contributed by atoms with E-state index in [4.69, 9.17) is 10.5 Å². The molecule has 0 aromatic carbocycles. The van der Waals surface area contributed by atoms with Crippen LogP contribution in [0.2, 0.25) is 0 Å². The van der Waals surface area contributed by atoms with Crippen molar-refractivity contribution >= 4 is 17.7 Å². The standard InChI is InChI=1S/C15H25NO5/c1-14(2,3)21-13(20)15(16,12(18)19)9-11(17)8-10-6-4-5-7-10/h10H,4-9,16H2,1-3H3,(H,18,19)/t15-/m0/s1. The van der Waals surface area contributed by atoms with Crippen LogP contribution >= 0.6 is 0 Å². The van der Waals surface area contributed by atoms with Crippen LogP contribution in [0.1, 0.15) is 59.3 Å². The lowest BCUT2D eigenvalue weighted by molar-refractivity contribution is -0.170. The van der Waals surface area contributed by atoms with Crippen molar-refractivity contribution < 1.29 is 24.2 Å². The number of carboxylic acid groups (broad SMARTS) is 1. The molecule has 0 bridgehead atoms. The van der Waals surface area contributed by atoms with Gasteiger partial charge in [0.15, 0.2) is 0 Å². The molecule has 21 heavy (non-hydrogen) atoms. The highest BCUT2D eigenvalue weighted by molar-refractivity contribution is 6.07. The summed E-state index contributed by atoms with van der Waals surface area (Å²) in [6, 6.07) is 0. The summed E-state index contributed by atoms with van der Waals surface area (Å²) in [6.07, 6.45) is 3.90. The van der Waals surface area contributed by atoms with Crippen LogP contribution in [0.3, 0.4) is 0 Å².